The molecule has 2 N–H and O–H groups in total. The highest BCUT2D eigenvalue weighted by Gasteiger charge is 2.29. The molecule has 0 bridgehead atoms. The highest BCUT2D eigenvalue weighted by molar-refractivity contribution is 5.85. The molecule has 0 radical (unpaired) electrons. The molecule has 1 aromatic carbocycles. The molecule has 7 heteroatoms. The highest BCUT2D eigenvalue weighted by atomic mass is 16.4. The van der Waals surface area contributed by atoms with Crippen molar-refractivity contribution in [2.75, 3.05) is 18.0 Å². The number of aliphatic carboxylic acids is 1. The topological polar surface area (TPSA) is 95.7 Å². The Labute approximate surface area is 152 Å². The summed E-state index contributed by atoms with van der Waals surface area (Å²) in [7, 11) is 0. The zero-order valence-corrected chi connectivity index (χ0v) is 15.0. The fraction of sp³-hybridized carbons (Fsp3) is 0.526. The second kappa shape index (κ2) is 8.21. The van der Waals surface area contributed by atoms with Crippen LogP contribution in [0.2, 0.25) is 0 Å². The van der Waals surface area contributed by atoms with Crippen molar-refractivity contribution in [2.24, 2.45) is 5.92 Å². The third-order valence-electron chi connectivity index (χ3n) is 4.88. The van der Waals surface area contributed by atoms with Crippen LogP contribution in [0.15, 0.2) is 28.7 Å². The van der Waals surface area contributed by atoms with Crippen LogP contribution in [0.1, 0.15) is 39.0 Å². The Morgan fingerprint density at radius 3 is 2.73 bits per heavy atom. The number of carbonyl (C=O) groups is 2. The van der Waals surface area contributed by atoms with Crippen LogP contribution in [0.4, 0.5) is 6.01 Å². The van der Waals surface area contributed by atoms with E-state index in [1.54, 1.807) is 0 Å². The van der Waals surface area contributed by atoms with Crippen molar-refractivity contribution in [3.05, 3.63) is 24.3 Å². The molecule has 1 saturated heterocycles. The SMILES string of the molecule is CCCC[C@H](NC(=O)C1CCN(c2nc3ccccc3o2)CC1)C(=O)O. The van der Waals surface area contributed by atoms with Crippen molar-refractivity contribution in [1.29, 1.82) is 0 Å². The molecular weight excluding hydrogens is 334 g/mol. The lowest BCUT2D eigenvalue weighted by Crippen LogP contribution is -2.46. The number of benzene rings is 1. The number of oxazole rings is 1. The number of fused-ring (bicyclic) bond motifs is 1. The summed E-state index contributed by atoms with van der Waals surface area (Å²) in [5.74, 6) is -1.29. The Hall–Kier alpha value is -2.57. The molecule has 0 aliphatic carbocycles. The van der Waals surface area contributed by atoms with Crippen LogP contribution in [0.5, 0.6) is 0 Å². The number of carboxylic acid groups (broad SMARTS) is 1. The van der Waals surface area contributed by atoms with Crippen LogP contribution >= 0.6 is 0 Å². The first-order valence-corrected chi connectivity index (χ1v) is 9.22. The third kappa shape index (κ3) is 4.15. The lowest BCUT2D eigenvalue weighted by atomic mass is 9.95. The monoisotopic (exact) mass is 359 g/mol. The first kappa shape index (κ1) is 18.2. The fourth-order valence-electron chi connectivity index (χ4n) is 3.28. The van der Waals surface area contributed by atoms with Gasteiger partial charge < -0.3 is 19.7 Å². The first-order valence-electron chi connectivity index (χ1n) is 9.22. The van der Waals surface area contributed by atoms with E-state index in [0.717, 1.165) is 23.9 Å². The van der Waals surface area contributed by atoms with Gasteiger partial charge in [-0.2, -0.15) is 4.98 Å². The summed E-state index contributed by atoms with van der Waals surface area (Å²) in [5.41, 5.74) is 1.57. The number of amides is 1. The first-order chi connectivity index (χ1) is 12.6. The minimum Gasteiger partial charge on any atom is -0.480 e. The zero-order chi connectivity index (χ0) is 18.5. The number of hydrogen-bond acceptors (Lipinski definition) is 5. The number of aromatic nitrogens is 1. The molecular formula is C19H25N3O4. The summed E-state index contributed by atoms with van der Waals surface area (Å²) in [6.45, 7) is 3.33. The molecule has 3 rings (SSSR count). The number of piperidine rings is 1. The normalized spacial score (nSPS) is 16.6. The van der Waals surface area contributed by atoms with E-state index in [1.165, 1.54) is 0 Å². The lowest BCUT2D eigenvalue weighted by Gasteiger charge is -2.30. The Morgan fingerprint density at radius 1 is 1.35 bits per heavy atom. The minimum absolute atomic E-state index is 0.161. The largest absolute Gasteiger partial charge is 0.480 e. The Morgan fingerprint density at radius 2 is 2.08 bits per heavy atom. The van der Waals surface area contributed by atoms with Crippen molar-refractivity contribution in [3.63, 3.8) is 0 Å². The fourth-order valence-corrected chi connectivity index (χ4v) is 3.28. The van der Waals surface area contributed by atoms with Crippen molar-refractivity contribution in [2.45, 2.75) is 45.1 Å². The lowest BCUT2D eigenvalue weighted by molar-refractivity contribution is -0.142. The van der Waals surface area contributed by atoms with Gasteiger partial charge in [0.1, 0.15) is 11.6 Å². The maximum absolute atomic E-state index is 12.4. The number of unbranched alkanes of at least 4 members (excludes halogenated alkanes) is 1. The summed E-state index contributed by atoms with van der Waals surface area (Å²) >= 11 is 0. The van der Waals surface area contributed by atoms with Crippen LogP contribution in [-0.2, 0) is 9.59 Å². The van der Waals surface area contributed by atoms with Gasteiger partial charge in [-0.15, -0.1) is 0 Å². The number of hydrogen-bond donors (Lipinski definition) is 2. The van der Waals surface area contributed by atoms with Crippen molar-refractivity contribution in [1.82, 2.24) is 10.3 Å². The molecule has 2 heterocycles. The molecule has 26 heavy (non-hydrogen) atoms. The summed E-state index contributed by atoms with van der Waals surface area (Å²) in [5, 5.41) is 12.0. The van der Waals surface area contributed by atoms with Crippen molar-refractivity contribution < 1.29 is 19.1 Å². The average molecular weight is 359 g/mol. The van der Waals surface area contributed by atoms with E-state index in [4.69, 9.17) is 4.42 Å². The van der Waals surface area contributed by atoms with Gasteiger partial charge in [-0.1, -0.05) is 31.9 Å². The van der Waals surface area contributed by atoms with Gasteiger partial charge in [0.05, 0.1) is 0 Å². The number of nitrogens with one attached hydrogen (secondary N) is 1. The highest BCUT2D eigenvalue weighted by Crippen LogP contribution is 2.26. The Balaban J connectivity index is 1.55. The zero-order valence-electron chi connectivity index (χ0n) is 15.0. The number of carbonyl (C=O) groups excluding carboxylic acids is 1. The van der Waals surface area contributed by atoms with Crippen LogP contribution in [0, 0.1) is 5.92 Å². The summed E-state index contributed by atoms with van der Waals surface area (Å²) in [6.07, 6.45) is 3.48. The predicted molar refractivity (Wildman–Crippen MR) is 98.0 cm³/mol. The van der Waals surface area contributed by atoms with Gasteiger partial charge in [-0.25, -0.2) is 4.79 Å². The van der Waals surface area contributed by atoms with Crippen molar-refractivity contribution >= 4 is 29.0 Å². The second-order valence-electron chi connectivity index (χ2n) is 6.77. The molecule has 1 aliphatic rings. The summed E-state index contributed by atoms with van der Waals surface area (Å²) in [6, 6.07) is 7.40. The Bertz CT molecular complexity index is 732. The van der Waals surface area contributed by atoms with Gasteiger partial charge in [-0.05, 0) is 31.4 Å². The van der Waals surface area contributed by atoms with E-state index in [2.05, 4.69) is 10.3 Å². The van der Waals surface area contributed by atoms with E-state index >= 15 is 0 Å². The van der Waals surface area contributed by atoms with Crippen LogP contribution in [0.3, 0.4) is 0 Å². The van der Waals surface area contributed by atoms with Gasteiger partial charge in [0.2, 0.25) is 5.91 Å². The quantitative estimate of drug-likeness (QED) is 0.789. The standard InChI is InChI=1S/C19H25N3O4/c1-2-3-6-15(18(24)25)20-17(23)13-9-11-22(12-10-13)19-21-14-7-4-5-8-16(14)26-19/h4-5,7-8,13,15H,2-3,6,9-12H2,1H3,(H,20,23)(H,24,25)/t15-/m0/s1. The van der Waals surface area contributed by atoms with E-state index < -0.39 is 12.0 Å². The summed E-state index contributed by atoms with van der Waals surface area (Å²) in [4.78, 5) is 30.3. The van der Waals surface area contributed by atoms with E-state index in [9.17, 15) is 14.7 Å². The molecule has 1 fully saturated rings. The Kier molecular flexibility index (Phi) is 5.75. The number of anilines is 1. The van der Waals surface area contributed by atoms with Gasteiger partial charge in [0.25, 0.3) is 6.01 Å². The summed E-state index contributed by atoms with van der Waals surface area (Å²) < 4.78 is 5.78. The second-order valence-corrected chi connectivity index (χ2v) is 6.77. The molecule has 1 atom stereocenters. The van der Waals surface area contributed by atoms with E-state index in [-0.39, 0.29) is 11.8 Å². The number of nitrogens with zero attached hydrogens (tertiary/aromatic N) is 2. The molecule has 7 nitrogen and oxygen atoms in total. The predicted octanol–water partition coefficient (Wildman–Crippen LogP) is 2.80. The van der Waals surface area contributed by atoms with Crippen molar-refractivity contribution in [3.8, 4) is 0 Å². The maximum Gasteiger partial charge on any atom is 0.326 e. The van der Waals surface area contributed by atoms with Crippen LogP contribution in [-0.4, -0.2) is 41.1 Å². The molecule has 0 spiro atoms. The van der Waals surface area contributed by atoms with Gasteiger partial charge in [0.15, 0.2) is 5.58 Å². The minimum atomic E-state index is -0.962. The molecule has 1 amide bonds. The molecule has 0 saturated carbocycles. The molecule has 140 valence electrons. The molecule has 0 unspecified atom stereocenters. The smallest absolute Gasteiger partial charge is 0.326 e. The number of carboxylic acids is 1. The molecule has 1 aliphatic heterocycles. The van der Waals surface area contributed by atoms with Gasteiger partial charge >= 0.3 is 5.97 Å². The molecule has 2 aromatic rings. The van der Waals surface area contributed by atoms with Gasteiger partial charge in [0, 0.05) is 19.0 Å². The number of rotatable bonds is 7. The van der Waals surface area contributed by atoms with Crippen LogP contribution in [0.25, 0.3) is 11.1 Å². The van der Waals surface area contributed by atoms with Gasteiger partial charge in [-0.3, -0.25) is 4.79 Å². The molecule has 1 aromatic heterocycles. The average Bonchev–Trinajstić information content (AvgIpc) is 3.09. The van der Waals surface area contributed by atoms with Crippen LogP contribution < -0.4 is 10.2 Å². The third-order valence-corrected chi connectivity index (χ3v) is 4.88. The maximum atomic E-state index is 12.4. The number of para-hydroxylation sites is 2. The van der Waals surface area contributed by atoms with E-state index in [0.29, 0.717) is 38.4 Å². The van der Waals surface area contributed by atoms with E-state index in [1.807, 2.05) is 36.1 Å².